The van der Waals surface area contributed by atoms with Crippen LogP contribution < -0.4 is 0 Å². The summed E-state index contributed by atoms with van der Waals surface area (Å²) in [4.78, 5) is 16.2. The Bertz CT molecular complexity index is 501. The second-order valence-electron chi connectivity index (χ2n) is 6.37. The minimum atomic E-state index is 0.136. The van der Waals surface area contributed by atoms with Gasteiger partial charge in [-0.25, -0.2) is 0 Å². The average molecular weight is 293 g/mol. The molecule has 1 aliphatic carbocycles. The first kappa shape index (κ1) is 14.1. The molecule has 3 nitrogen and oxygen atoms in total. The highest BCUT2D eigenvalue weighted by Crippen LogP contribution is 2.33. The van der Waals surface area contributed by atoms with E-state index in [1.807, 2.05) is 18.7 Å². The first-order valence-corrected chi connectivity index (χ1v) is 8.46. The van der Waals surface area contributed by atoms with Crippen LogP contribution >= 0.6 is 11.3 Å². The zero-order valence-electron chi connectivity index (χ0n) is 12.5. The molecule has 1 aromatic rings. The number of thiophene rings is 1. The van der Waals surface area contributed by atoms with Gasteiger partial charge in [0.2, 0.25) is 0 Å². The van der Waals surface area contributed by atoms with Crippen molar-refractivity contribution in [1.82, 2.24) is 4.90 Å². The van der Waals surface area contributed by atoms with Crippen molar-refractivity contribution in [3.05, 3.63) is 21.4 Å². The van der Waals surface area contributed by atoms with Gasteiger partial charge in [-0.1, -0.05) is 6.92 Å². The lowest BCUT2D eigenvalue weighted by atomic mass is 9.88. The number of carbonyl (C=O) groups excluding carboxylic acids is 1. The summed E-state index contributed by atoms with van der Waals surface area (Å²) < 4.78 is 5.72. The fraction of sp³-hybridized carbons (Fsp3) is 0.688. The molecule has 20 heavy (non-hydrogen) atoms. The molecule has 0 N–H and O–H groups in total. The molecule has 1 amide bonds. The van der Waals surface area contributed by atoms with Crippen LogP contribution in [0.25, 0.3) is 0 Å². The maximum atomic E-state index is 12.8. The van der Waals surface area contributed by atoms with E-state index >= 15 is 0 Å². The molecule has 1 fully saturated rings. The first-order chi connectivity index (χ1) is 9.54. The normalized spacial score (nSPS) is 30.1. The van der Waals surface area contributed by atoms with Crippen molar-refractivity contribution in [2.75, 3.05) is 13.1 Å². The number of morpholine rings is 1. The summed E-state index contributed by atoms with van der Waals surface area (Å²) in [6.45, 7) is 7.81. The summed E-state index contributed by atoms with van der Waals surface area (Å²) in [5.74, 6) is 0.964. The number of ether oxygens (including phenoxy) is 1. The minimum Gasteiger partial charge on any atom is -0.372 e. The molecule has 0 bridgehead atoms. The molecule has 0 spiro atoms. The third-order valence-electron chi connectivity index (χ3n) is 4.34. The lowest BCUT2D eigenvalue weighted by Crippen LogP contribution is -2.48. The molecule has 1 aliphatic heterocycles. The number of rotatable bonds is 1. The summed E-state index contributed by atoms with van der Waals surface area (Å²) in [5, 5.41) is 2.08. The van der Waals surface area contributed by atoms with Gasteiger partial charge in [-0.05, 0) is 44.6 Å². The van der Waals surface area contributed by atoms with E-state index in [0.717, 1.165) is 24.3 Å². The maximum Gasteiger partial charge on any atom is 0.255 e. The third kappa shape index (κ3) is 2.63. The van der Waals surface area contributed by atoms with E-state index in [0.29, 0.717) is 13.1 Å². The van der Waals surface area contributed by atoms with Crippen molar-refractivity contribution in [3.63, 3.8) is 0 Å². The molecule has 110 valence electrons. The molecule has 2 aliphatic rings. The van der Waals surface area contributed by atoms with Gasteiger partial charge in [0.05, 0.1) is 17.8 Å². The van der Waals surface area contributed by atoms with Crippen molar-refractivity contribution in [3.8, 4) is 0 Å². The molecular weight excluding hydrogens is 270 g/mol. The second-order valence-corrected chi connectivity index (χ2v) is 7.33. The van der Waals surface area contributed by atoms with Gasteiger partial charge in [0.25, 0.3) is 5.91 Å². The van der Waals surface area contributed by atoms with E-state index in [1.54, 1.807) is 11.3 Å². The Labute approximate surface area is 124 Å². The molecule has 3 rings (SSSR count). The van der Waals surface area contributed by atoms with E-state index in [4.69, 9.17) is 4.74 Å². The fourth-order valence-corrected chi connectivity index (χ4v) is 4.61. The number of nitrogens with zero attached hydrogens (tertiary/aromatic N) is 1. The summed E-state index contributed by atoms with van der Waals surface area (Å²) in [7, 11) is 0. The van der Waals surface area contributed by atoms with Crippen LogP contribution in [0.5, 0.6) is 0 Å². The van der Waals surface area contributed by atoms with Crippen LogP contribution in [-0.4, -0.2) is 36.1 Å². The number of fused-ring (bicyclic) bond motifs is 1. The predicted octanol–water partition coefficient (Wildman–Crippen LogP) is 3.12. The molecular formula is C16H23NO2S. The minimum absolute atomic E-state index is 0.136. The zero-order chi connectivity index (χ0) is 14.3. The van der Waals surface area contributed by atoms with Crippen molar-refractivity contribution < 1.29 is 9.53 Å². The number of amides is 1. The van der Waals surface area contributed by atoms with Gasteiger partial charge in [-0.15, -0.1) is 11.3 Å². The predicted molar refractivity (Wildman–Crippen MR) is 81.4 cm³/mol. The standard InChI is InChI=1S/C16H23NO2S/c1-10-4-5-13-14(9-20-15(13)6-10)16(18)17-7-11(2)19-12(3)8-17/h9-12H,4-8H2,1-3H3/t10-,11+,12+/m0/s1. The molecule has 1 aromatic heterocycles. The Morgan fingerprint density at radius 2 is 2.00 bits per heavy atom. The molecule has 0 radical (unpaired) electrons. The van der Waals surface area contributed by atoms with Crippen molar-refractivity contribution >= 4 is 17.2 Å². The maximum absolute atomic E-state index is 12.8. The second kappa shape index (κ2) is 5.49. The summed E-state index contributed by atoms with van der Waals surface area (Å²) in [6, 6.07) is 0. The summed E-state index contributed by atoms with van der Waals surface area (Å²) in [6.07, 6.45) is 3.69. The Morgan fingerprint density at radius 3 is 2.70 bits per heavy atom. The molecule has 0 unspecified atom stereocenters. The quantitative estimate of drug-likeness (QED) is 0.796. The van der Waals surface area contributed by atoms with Crippen LogP contribution in [0.1, 0.15) is 48.0 Å². The van der Waals surface area contributed by atoms with Gasteiger partial charge in [-0.3, -0.25) is 4.79 Å². The Balaban J connectivity index is 1.81. The smallest absolute Gasteiger partial charge is 0.255 e. The Morgan fingerprint density at radius 1 is 1.30 bits per heavy atom. The SMILES string of the molecule is C[C@H]1CCc2c(C(=O)N3C[C@@H](C)O[C@H](C)C3)csc2C1. The monoisotopic (exact) mass is 293 g/mol. The van der Waals surface area contributed by atoms with E-state index in [9.17, 15) is 4.79 Å². The average Bonchev–Trinajstić information content (AvgIpc) is 2.79. The molecule has 0 aromatic carbocycles. The Kier molecular flexibility index (Phi) is 3.87. The summed E-state index contributed by atoms with van der Waals surface area (Å²) in [5.41, 5.74) is 2.28. The van der Waals surface area contributed by atoms with Gasteiger partial charge in [0.15, 0.2) is 0 Å². The highest BCUT2D eigenvalue weighted by Gasteiger charge is 2.30. The van der Waals surface area contributed by atoms with E-state index < -0.39 is 0 Å². The first-order valence-electron chi connectivity index (χ1n) is 7.58. The molecule has 4 heteroatoms. The van der Waals surface area contributed by atoms with Gasteiger partial charge >= 0.3 is 0 Å². The van der Waals surface area contributed by atoms with Gasteiger partial charge in [-0.2, -0.15) is 0 Å². The molecule has 0 saturated carbocycles. The fourth-order valence-electron chi connectivity index (χ4n) is 3.37. The lowest BCUT2D eigenvalue weighted by Gasteiger charge is -2.35. The van der Waals surface area contributed by atoms with Gasteiger partial charge in [0, 0.05) is 23.3 Å². The highest BCUT2D eigenvalue weighted by molar-refractivity contribution is 7.10. The van der Waals surface area contributed by atoms with Crippen LogP contribution in [0.4, 0.5) is 0 Å². The van der Waals surface area contributed by atoms with E-state index in [-0.39, 0.29) is 18.1 Å². The van der Waals surface area contributed by atoms with Crippen LogP contribution in [0.2, 0.25) is 0 Å². The van der Waals surface area contributed by atoms with E-state index in [2.05, 4.69) is 12.3 Å². The van der Waals surface area contributed by atoms with E-state index in [1.165, 1.54) is 16.9 Å². The van der Waals surface area contributed by atoms with Gasteiger partial charge < -0.3 is 9.64 Å². The topological polar surface area (TPSA) is 29.5 Å². The van der Waals surface area contributed by atoms with Crippen LogP contribution in [0.15, 0.2) is 5.38 Å². The molecule has 3 atom stereocenters. The number of hydrogen-bond donors (Lipinski definition) is 0. The Hall–Kier alpha value is -0.870. The number of carbonyl (C=O) groups is 1. The van der Waals surface area contributed by atoms with Crippen LogP contribution in [0, 0.1) is 5.92 Å². The van der Waals surface area contributed by atoms with Gasteiger partial charge in [0.1, 0.15) is 0 Å². The van der Waals surface area contributed by atoms with Crippen LogP contribution in [-0.2, 0) is 17.6 Å². The number of hydrogen-bond acceptors (Lipinski definition) is 3. The lowest BCUT2D eigenvalue weighted by molar-refractivity contribution is -0.0586. The van der Waals surface area contributed by atoms with Crippen LogP contribution in [0.3, 0.4) is 0 Å². The molecule has 2 heterocycles. The van der Waals surface area contributed by atoms with Crippen molar-refractivity contribution in [2.24, 2.45) is 5.92 Å². The zero-order valence-corrected chi connectivity index (χ0v) is 13.3. The highest BCUT2D eigenvalue weighted by atomic mass is 32.1. The van der Waals surface area contributed by atoms with Crippen molar-refractivity contribution in [1.29, 1.82) is 0 Å². The summed E-state index contributed by atoms with van der Waals surface area (Å²) >= 11 is 1.77. The molecule has 1 saturated heterocycles. The third-order valence-corrected chi connectivity index (χ3v) is 5.39. The van der Waals surface area contributed by atoms with Crippen molar-refractivity contribution in [2.45, 2.75) is 52.2 Å². The largest absolute Gasteiger partial charge is 0.372 e.